The van der Waals surface area contributed by atoms with Gasteiger partial charge >= 0.3 is 0 Å². The van der Waals surface area contributed by atoms with Crippen LogP contribution in [-0.4, -0.2) is 31.2 Å². The number of allylic oxidation sites excluding steroid dienone is 3. The Morgan fingerprint density at radius 1 is 0.852 bits per heavy atom. The minimum atomic E-state index is 0.732. The molecule has 5 rings (SSSR count). The standard InChI is InChI=1S/C22H19NO2S2/c1-15-13-17(25-21(14-15)23-9-11-24-12-10-23)16-5-4-8-20-22(16)27-19-7-3-2-6-18(19)26-20/h2-8,13-14H,1,9-12H2. The van der Waals surface area contributed by atoms with Crippen molar-refractivity contribution < 1.29 is 9.47 Å². The number of benzene rings is 2. The lowest BCUT2D eigenvalue weighted by Gasteiger charge is -2.33. The highest BCUT2D eigenvalue weighted by Gasteiger charge is 2.25. The van der Waals surface area contributed by atoms with E-state index >= 15 is 0 Å². The first-order chi connectivity index (χ1) is 13.3. The van der Waals surface area contributed by atoms with Crippen molar-refractivity contribution >= 4 is 29.3 Å². The van der Waals surface area contributed by atoms with Gasteiger partial charge in [-0.3, -0.25) is 0 Å². The van der Waals surface area contributed by atoms with Gasteiger partial charge in [0.25, 0.3) is 0 Å². The monoisotopic (exact) mass is 393 g/mol. The third-order valence-electron chi connectivity index (χ3n) is 4.69. The summed E-state index contributed by atoms with van der Waals surface area (Å²) in [5.41, 5.74) is 2.09. The van der Waals surface area contributed by atoms with Gasteiger partial charge in [0.15, 0.2) is 5.88 Å². The molecule has 0 radical (unpaired) electrons. The fourth-order valence-electron chi connectivity index (χ4n) is 3.36. The Labute approximate surface area is 167 Å². The molecule has 0 N–H and O–H groups in total. The van der Waals surface area contributed by atoms with Gasteiger partial charge in [0, 0.05) is 44.3 Å². The molecule has 2 aromatic carbocycles. The zero-order valence-electron chi connectivity index (χ0n) is 14.8. The van der Waals surface area contributed by atoms with Gasteiger partial charge in [0.2, 0.25) is 0 Å². The van der Waals surface area contributed by atoms with Gasteiger partial charge in [0.1, 0.15) is 5.76 Å². The molecule has 0 amide bonds. The lowest BCUT2D eigenvalue weighted by molar-refractivity contribution is 0.0309. The normalized spacial score (nSPS) is 18.8. The van der Waals surface area contributed by atoms with Gasteiger partial charge in [-0.2, -0.15) is 0 Å². The fourth-order valence-corrected chi connectivity index (χ4v) is 5.74. The second kappa shape index (κ2) is 7.15. The highest BCUT2D eigenvalue weighted by atomic mass is 32.2. The van der Waals surface area contributed by atoms with Crippen molar-refractivity contribution in [2.75, 3.05) is 26.3 Å². The SMILES string of the molecule is C=C1C=C(c2cccc3c2Sc2ccccc2S3)OC(N2CCOCC2)=C1. The first kappa shape index (κ1) is 17.0. The smallest absolute Gasteiger partial charge is 0.196 e. The van der Waals surface area contributed by atoms with Gasteiger partial charge < -0.3 is 14.4 Å². The van der Waals surface area contributed by atoms with Crippen LogP contribution in [0.4, 0.5) is 0 Å². The van der Waals surface area contributed by atoms with E-state index in [1.807, 2.05) is 35.7 Å². The third kappa shape index (κ3) is 3.31. The van der Waals surface area contributed by atoms with Crippen molar-refractivity contribution in [2.24, 2.45) is 0 Å². The van der Waals surface area contributed by atoms with Crippen LogP contribution in [0.5, 0.6) is 0 Å². The fraction of sp³-hybridized carbons (Fsp3) is 0.182. The number of fused-ring (bicyclic) bond motifs is 2. The zero-order chi connectivity index (χ0) is 18.2. The Kier molecular flexibility index (Phi) is 4.52. The van der Waals surface area contributed by atoms with E-state index in [9.17, 15) is 0 Å². The summed E-state index contributed by atoms with van der Waals surface area (Å²) >= 11 is 3.64. The summed E-state index contributed by atoms with van der Waals surface area (Å²) in [7, 11) is 0. The third-order valence-corrected chi connectivity index (χ3v) is 7.30. The van der Waals surface area contributed by atoms with Crippen LogP contribution in [-0.2, 0) is 9.47 Å². The molecule has 0 spiro atoms. The van der Waals surface area contributed by atoms with Crippen LogP contribution in [0.3, 0.4) is 0 Å². The Morgan fingerprint density at radius 2 is 1.59 bits per heavy atom. The maximum Gasteiger partial charge on any atom is 0.196 e. The molecule has 0 saturated carbocycles. The number of rotatable bonds is 2. The molecule has 5 heteroatoms. The Hall–Kier alpha value is -2.08. The summed E-state index contributed by atoms with van der Waals surface area (Å²) in [6.07, 6.45) is 4.05. The number of nitrogens with zero attached hydrogens (tertiary/aromatic N) is 1. The average Bonchev–Trinajstić information content (AvgIpc) is 2.72. The quantitative estimate of drug-likeness (QED) is 0.579. The van der Waals surface area contributed by atoms with Crippen molar-refractivity contribution in [1.82, 2.24) is 4.90 Å². The molecular weight excluding hydrogens is 374 g/mol. The number of hydrogen-bond donors (Lipinski definition) is 0. The molecule has 3 heterocycles. The summed E-state index contributed by atoms with van der Waals surface area (Å²) < 4.78 is 11.8. The first-order valence-corrected chi connectivity index (χ1v) is 10.6. The molecule has 2 aromatic rings. The van der Waals surface area contributed by atoms with Crippen LogP contribution in [0.1, 0.15) is 5.56 Å². The molecule has 1 saturated heterocycles. The van der Waals surface area contributed by atoms with Crippen LogP contribution >= 0.6 is 23.5 Å². The van der Waals surface area contributed by atoms with E-state index in [2.05, 4.69) is 53.9 Å². The molecule has 0 aliphatic carbocycles. The van der Waals surface area contributed by atoms with Crippen LogP contribution in [0.25, 0.3) is 5.76 Å². The first-order valence-electron chi connectivity index (χ1n) is 8.99. The topological polar surface area (TPSA) is 21.7 Å². The van der Waals surface area contributed by atoms with Crippen LogP contribution in [0, 0.1) is 0 Å². The second-order valence-electron chi connectivity index (χ2n) is 6.55. The van der Waals surface area contributed by atoms with Gasteiger partial charge in [-0.15, -0.1) is 0 Å². The van der Waals surface area contributed by atoms with Gasteiger partial charge in [-0.25, -0.2) is 0 Å². The van der Waals surface area contributed by atoms with E-state index in [1.165, 1.54) is 19.6 Å². The van der Waals surface area contributed by atoms with Gasteiger partial charge in [-0.1, -0.05) is 54.4 Å². The van der Waals surface area contributed by atoms with Gasteiger partial charge in [0.05, 0.1) is 13.2 Å². The molecule has 27 heavy (non-hydrogen) atoms. The maximum absolute atomic E-state index is 6.35. The largest absolute Gasteiger partial charge is 0.440 e. The van der Waals surface area contributed by atoms with E-state index in [0.29, 0.717) is 0 Å². The highest BCUT2D eigenvalue weighted by Crippen LogP contribution is 2.51. The van der Waals surface area contributed by atoms with Crippen LogP contribution in [0.2, 0.25) is 0 Å². The minimum absolute atomic E-state index is 0.732. The van der Waals surface area contributed by atoms with E-state index in [-0.39, 0.29) is 0 Å². The van der Waals surface area contributed by atoms with Crippen molar-refractivity contribution in [2.45, 2.75) is 19.6 Å². The highest BCUT2D eigenvalue weighted by molar-refractivity contribution is 8.05. The Morgan fingerprint density at radius 3 is 2.41 bits per heavy atom. The summed E-state index contributed by atoms with van der Waals surface area (Å²) in [4.78, 5) is 7.36. The second-order valence-corrected chi connectivity index (χ2v) is 8.69. The van der Waals surface area contributed by atoms with E-state index in [4.69, 9.17) is 9.47 Å². The number of ether oxygens (including phenoxy) is 2. The van der Waals surface area contributed by atoms with Crippen LogP contribution in [0.15, 0.2) is 92.2 Å². The van der Waals surface area contributed by atoms with Crippen molar-refractivity contribution in [1.29, 1.82) is 0 Å². The Bertz CT molecular complexity index is 974. The zero-order valence-corrected chi connectivity index (χ0v) is 16.4. The van der Waals surface area contributed by atoms with Crippen molar-refractivity contribution in [3.05, 3.63) is 78.2 Å². The molecule has 0 aromatic heterocycles. The molecule has 0 bridgehead atoms. The van der Waals surface area contributed by atoms with Gasteiger partial charge in [-0.05, 0) is 29.8 Å². The molecule has 3 aliphatic rings. The molecule has 136 valence electrons. The van der Waals surface area contributed by atoms with E-state index < -0.39 is 0 Å². The minimum Gasteiger partial charge on any atom is -0.440 e. The lowest BCUT2D eigenvalue weighted by Crippen LogP contribution is -2.36. The van der Waals surface area contributed by atoms with Crippen molar-refractivity contribution in [3.8, 4) is 0 Å². The van der Waals surface area contributed by atoms with E-state index in [1.54, 1.807) is 0 Å². The number of morpholine rings is 1. The molecule has 3 nitrogen and oxygen atoms in total. The van der Waals surface area contributed by atoms with Crippen molar-refractivity contribution in [3.63, 3.8) is 0 Å². The summed E-state index contributed by atoms with van der Waals surface area (Å²) in [5.74, 6) is 1.74. The maximum atomic E-state index is 6.35. The lowest BCUT2D eigenvalue weighted by atomic mass is 10.1. The molecule has 3 aliphatic heterocycles. The molecule has 0 atom stereocenters. The van der Waals surface area contributed by atoms with E-state index in [0.717, 1.165) is 49.1 Å². The average molecular weight is 394 g/mol. The predicted octanol–water partition coefficient (Wildman–Crippen LogP) is 5.40. The Balaban J connectivity index is 1.48. The summed E-state index contributed by atoms with van der Waals surface area (Å²) in [5, 5.41) is 0. The van der Waals surface area contributed by atoms with Crippen LogP contribution < -0.4 is 0 Å². The molecule has 0 unspecified atom stereocenters. The molecular formula is C22H19NO2S2. The number of hydrogen-bond acceptors (Lipinski definition) is 5. The summed E-state index contributed by atoms with van der Waals surface area (Å²) in [6, 6.07) is 15.0. The summed E-state index contributed by atoms with van der Waals surface area (Å²) in [6.45, 7) is 7.33. The molecule has 1 fully saturated rings. The predicted molar refractivity (Wildman–Crippen MR) is 110 cm³/mol.